The standard InChI is InChI=1S/C14H15F2N5O2/c15-10-1-2-11(16)9(5-10)6-17-14(22)21-3-4-23-7-12(21)13-18-8-19-20-13/h1-2,5,8,12H,3-4,6-7H2,(H,17,22)(H,18,19,20). The van der Waals surface area contributed by atoms with E-state index in [4.69, 9.17) is 4.74 Å². The molecule has 0 aliphatic carbocycles. The fraction of sp³-hybridized carbons (Fsp3) is 0.357. The third-order valence-electron chi connectivity index (χ3n) is 3.58. The van der Waals surface area contributed by atoms with Crippen molar-refractivity contribution in [3.63, 3.8) is 0 Å². The molecule has 2 aromatic rings. The van der Waals surface area contributed by atoms with Gasteiger partial charge in [-0.1, -0.05) is 0 Å². The molecular weight excluding hydrogens is 308 g/mol. The fourth-order valence-corrected chi connectivity index (χ4v) is 2.40. The number of rotatable bonds is 3. The van der Waals surface area contributed by atoms with Gasteiger partial charge in [-0.2, -0.15) is 5.10 Å². The van der Waals surface area contributed by atoms with Gasteiger partial charge in [0.05, 0.1) is 13.2 Å². The van der Waals surface area contributed by atoms with Gasteiger partial charge in [0.15, 0.2) is 0 Å². The molecule has 1 unspecified atom stereocenters. The number of hydrogen-bond acceptors (Lipinski definition) is 4. The Labute approximate surface area is 130 Å². The van der Waals surface area contributed by atoms with Gasteiger partial charge in [0, 0.05) is 18.7 Å². The summed E-state index contributed by atoms with van der Waals surface area (Å²) in [5.41, 5.74) is 0.0859. The number of carbonyl (C=O) groups excluding carboxylic acids is 1. The van der Waals surface area contributed by atoms with E-state index in [9.17, 15) is 13.6 Å². The lowest BCUT2D eigenvalue weighted by Gasteiger charge is -2.34. The molecule has 0 bridgehead atoms. The number of nitrogens with zero attached hydrogens (tertiary/aromatic N) is 3. The van der Waals surface area contributed by atoms with Crippen LogP contribution in [0.5, 0.6) is 0 Å². The number of amides is 2. The van der Waals surface area contributed by atoms with Crippen LogP contribution in [0.25, 0.3) is 0 Å². The van der Waals surface area contributed by atoms with E-state index in [0.717, 1.165) is 18.2 Å². The minimum absolute atomic E-state index is 0.0859. The second-order valence-corrected chi connectivity index (χ2v) is 5.05. The van der Waals surface area contributed by atoms with Crippen LogP contribution in [0.3, 0.4) is 0 Å². The lowest BCUT2D eigenvalue weighted by atomic mass is 10.2. The van der Waals surface area contributed by atoms with E-state index in [1.807, 2.05) is 0 Å². The van der Waals surface area contributed by atoms with Crippen molar-refractivity contribution in [3.05, 3.63) is 47.5 Å². The van der Waals surface area contributed by atoms with Gasteiger partial charge in [-0.3, -0.25) is 5.10 Å². The van der Waals surface area contributed by atoms with Crippen LogP contribution >= 0.6 is 0 Å². The van der Waals surface area contributed by atoms with E-state index in [1.54, 1.807) is 0 Å². The molecule has 0 saturated carbocycles. The van der Waals surface area contributed by atoms with Crippen molar-refractivity contribution >= 4 is 6.03 Å². The molecule has 23 heavy (non-hydrogen) atoms. The smallest absolute Gasteiger partial charge is 0.318 e. The Morgan fingerprint density at radius 3 is 3.13 bits per heavy atom. The maximum Gasteiger partial charge on any atom is 0.318 e. The van der Waals surface area contributed by atoms with Gasteiger partial charge >= 0.3 is 6.03 Å². The summed E-state index contributed by atoms with van der Waals surface area (Å²) in [5.74, 6) is -0.612. The molecule has 1 aliphatic heterocycles. The average molecular weight is 323 g/mol. The number of H-pyrrole nitrogens is 1. The van der Waals surface area contributed by atoms with Crippen LogP contribution < -0.4 is 5.32 Å². The van der Waals surface area contributed by atoms with Crippen molar-refractivity contribution in [3.8, 4) is 0 Å². The molecule has 9 heteroatoms. The molecule has 0 spiro atoms. The summed E-state index contributed by atoms with van der Waals surface area (Å²) in [6.07, 6.45) is 1.35. The molecule has 7 nitrogen and oxygen atoms in total. The highest BCUT2D eigenvalue weighted by atomic mass is 19.1. The van der Waals surface area contributed by atoms with Crippen molar-refractivity contribution in [2.75, 3.05) is 19.8 Å². The van der Waals surface area contributed by atoms with Crippen molar-refractivity contribution in [2.45, 2.75) is 12.6 Å². The number of urea groups is 1. The molecule has 0 radical (unpaired) electrons. The van der Waals surface area contributed by atoms with Gasteiger partial charge in [0.2, 0.25) is 0 Å². The van der Waals surface area contributed by atoms with Crippen LogP contribution in [0.2, 0.25) is 0 Å². The molecule has 1 aromatic heterocycles. The van der Waals surface area contributed by atoms with Crippen molar-refractivity contribution in [1.29, 1.82) is 0 Å². The van der Waals surface area contributed by atoms with Crippen molar-refractivity contribution < 1.29 is 18.3 Å². The van der Waals surface area contributed by atoms with Crippen LogP contribution in [0.15, 0.2) is 24.5 Å². The highest BCUT2D eigenvalue weighted by Crippen LogP contribution is 2.21. The first-order valence-electron chi connectivity index (χ1n) is 7.06. The molecule has 1 saturated heterocycles. The minimum atomic E-state index is -0.569. The zero-order chi connectivity index (χ0) is 16.2. The molecular formula is C14H15F2N5O2. The second-order valence-electron chi connectivity index (χ2n) is 5.05. The Morgan fingerprint density at radius 2 is 2.35 bits per heavy atom. The molecule has 2 amide bonds. The predicted molar refractivity (Wildman–Crippen MR) is 75.2 cm³/mol. The maximum absolute atomic E-state index is 13.6. The third-order valence-corrected chi connectivity index (χ3v) is 3.58. The second kappa shape index (κ2) is 6.69. The summed E-state index contributed by atoms with van der Waals surface area (Å²) in [6.45, 7) is 0.940. The molecule has 1 fully saturated rings. The summed E-state index contributed by atoms with van der Waals surface area (Å²) in [5, 5.41) is 9.07. The first kappa shape index (κ1) is 15.3. The molecule has 1 aliphatic rings. The lowest BCUT2D eigenvalue weighted by Crippen LogP contribution is -2.48. The Kier molecular flexibility index (Phi) is 4.47. The maximum atomic E-state index is 13.6. The number of morpholine rings is 1. The van der Waals surface area contributed by atoms with Crippen molar-refractivity contribution in [1.82, 2.24) is 25.4 Å². The van der Waals surface area contributed by atoms with Crippen LogP contribution in [0.1, 0.15) is 17.4 Å². The zero-order valence-corrected chi connectivity index (χ0v) is 12.1. The summed E-state index contributed by atoms with van der Waals surface area (Å²) >= 11 is 0. The number of benzene rings is 1. The summed E-state index contributed by atoms with van der Waals surface area (Å²) in [6, 6.07) is 2.32. The van der Waals surface area contributed by atoms with Crippen molar-refractivity contribution in [2.24, 2.45) is 0 Å². The largest absolute Gasteiger partial charge is 0.377 e. The summed E-state index contributed by atoms with van der Waals surface area (Å²) in [7, 11) is 0. The first-order valence-corrected chi connectivity index (χ1v) is 7.06. The summed E-state index contributed by atoms with van der Waals surface area (Å²) < 4.78 is 32.1. The predicted octanol–water partition coefficient (Wildman–Crippen LogP) is 1.37. The molecule has 3 rings (SSSR count). The zero-order valence-electron chi connectivity index (χ0n) is 12.1. The number of aromatic nitrogens is 3. The fourth-order valence-electron chi connectivity index (χ4n) is 2.40. The quantitative estimate of drug-likeness (QED) is 0.893. The van der Waals surface area contributed by atoms with Gasteiger partial charge in [0.25, 0.3) is 0 Å². The molecule has 122 valence electrons. The number of carbonyl (C=O) groups is 1. The Hall–Kier alpha value is -2.55. The SMILES string of the molecule is O=C(NCc1cc(F)ccc1F)N1CCOCC1c1ncn[nH]1. The molecule has 2 N–H and O–H groups in total. The van der Waals surface area contributed by atoms with Gasteiger partial charge in [0.1, 0.15) is 29.8 Å². The monoisotopic (exact) mass is 323 g/mol. The van der Waals surface area contributed by atoms with Crippen LogP contribution in [-0.2, 0) is 11.3 Å². The highest BCUT2D eigenvalue weighted by molar-refractivity contribution is 5.74. The van der Waals surface area contributed by atoms with E-state index in [0.29, 0.717) is 19.0 Å². The van der Waals surface area contributed by atoms with E-state index < -0.39 is 23.7 Å². The Bertz CT molecular complexity index is 680. The van der Waals surface area contributed by atoms with E-state index in [1.165, 1.54) is 11.2 Å². The van der Waals surface area contributed by atoms with Gasteiger partial charge in [-0.25, -0.2) is 18.6 Å². The average Bonchev–Trinajstić information content (AvgIpc) is 3.10. The highest BCUT2D eigenvalue weighted by Gasteiger charge is 2.30. The van der Waals surface area contributed by atoms with Gasteiger partial charge in [-0.05, 0) is 18.2 Å². The number of hydrogen-bond donors (Lipinski definition) is 2. The molecule has 1 atom stereocenters. The normalized spacial score (nSPS) is 18.0. The Morgan fingerprint density at radius 1 is 1.48 bits per heavy atom. The number of halogens is 2. The van der Waals surface area contributed by atoms with E-state index >= 15 is 0 Å². The minimum Gasteiger partial charge on any atom is -0.377 e. The van der Waals surface area contributed by atoms with E-state index in [-0.39, 0.29) is 18.7 Å². The van der Waals surface area contributed by atoms with E-state index in [2.05, 4.69) is 20.5 Å². The van der Waals surface area contributed by atoms with Crippen LogP contribution in [-0.4, -0.2) is 45.9 Å². The molecule has 2 heterocycles. The topological polar surface area (TPSA) is 83.1 Å². The molecule has 1 aromatic carbocycles. The lowest BCUT2D eigenvalue weighted by molar-refractivity contribution is 0.00864. The van der Waals surface area contributed by atoms with Crippen LogP contribution in [0.4, 0.5) is 13.6 Å². The third kappa shape index (κ3) is 3.45. The number of aromatic amines is 1. The first-order chi connectivity index (χ1) is 11.1. The van der Waals surface area contributed by atoms with Crippen LogP contribution in [0, 0.1) is 11.6 Å². The van der Waals surface area contributed by atoms with Gasteiger partial charge < -0.3 is 15.0 Å². The Balaban J connectivity index is 1.67. The van der Waals surface area contributed by atoms with Gasteiger partial charge in [-0.15, -0.1) is 0 Å². The summed E-state index contributed by atoms with van der Waals surface area (Å²) in [4.78, 5) is 17.9. The number of nitrogens with one attached hydrogen (secondary N) is 2. The number of ether oxygens (including phenoxy) is 1.